The number of hydrogen-bond donors (Lipinski definition) is 4. The summed E-state index contributed by atoms with van der Waals surface area (Å²) in [6, 6.07) is 1.78. The first kappa shape index (κ1) is 15.7. The van der Waals surface area contributed by atoms with Crippen LogP contribution in [0.15, 0.2) is 6.07 Å². The molecule has 0 unspecified atom stereocenters. The maximum Gasteiger partial charge on any atom is 0.145 e. The number of rotatable bonds is 7. The van der Waals surface area contributed by atoms with Crippen molar-refractivity contribution in [1.29, 1.82) is 0 Å². The number of hydrazine groups is 1. The van der Waals surface area contributed by atoms with Gasteiger partial charge in [0, 0.05) is 25.1 Å². The fourth-order valence-corrected chi connectivity index (χ4v) is 1.61. The normalized spacial score (nSPS) is 11.7. The quantitative estimate of drug-likeness (QED) is 0.443. The molecule has 5 N–H and O–H groups in total. The van der Waals surface area contributed by atoms with Crippen molar-refractivity contribution in [2.24, 2.45) is 11.3 Å². The zero-order valence-corrected chi connectivity index (χ0v) is 12.2. The summed E-state index contributed by atoms with van der Waals surface area (Å²) in [6.07, 6.45) is 0.740. The third-order valence-electron chi connectivity index (χ3n) is 2.94. The molecule has 0 bridgehead atoms. The Hall–Kier alpha value is -1.40. The number of aliphatic hydroxyl groups is 1. The molecule has 0 radical (unpaired) electrons. The molecule has 1 heterocycles. The molecule has 19 heavy (non-hydrogen) atoms. The van der Waals surface area contributed by atoms with E-state index < -0.39 is 0 Å². The number of nitrogens with two attached hydrogens (primary N) is 1. The van der Waals surface area contributed by atoms with Crippen LogP contribution >= 0.6 is 0 Å². The van der Waals surface area contributed by atoms with Gasteiger partial charge in [-0.1, -0.05) is 27.7 Å². The highest BCUT2D eigenvalue weighted by Gasteiger charge is 2.17. The van der Waals surface area contributed by atoms with Gasteiger partial charge < -0.3 is 15.8 Å². The minimum Gasteiger partial charge on any atom is -0.396 e. The molecule has 0 aromatic carbocycles. The third-order valence-corrected chi connectivity index (χ3v) is 2.94. The van der Waals surface area contributed by atoms with Crippen LogP contribution in [-0.2, 0) is 0 Å². The molecule has 0 saturated carbocycles. The summed E-state index contributed by atoms with van der Waals surface area (Å²) in [4.78, 5) is 8.77. The Labute approximate surface area is 114 Å². The number of nitrogens with one attached hydrogen (secondary N) is 2. The first-order valence-corrected chi connectivity index (χ1v) is 6.58. The fraction of sp³-hybridized carbons (Fsp3) is 0.692. The van der Waals surface area contributed by atoms with Gasteiger partial charge in [-0.15, -0.1) is 0 Å². The zero-order valence-electron chi connectivity index (χ0n) is 12.2. The van der Waals surface area contributed by atoms with E-state index in [0.29, 0.717) is 5.82 Å². The van der Waals surface area contributed by atoms with E-state index in [0.717, 1.165) is 24.6 Å². The summed E-state index contributed by atoms with van der Waals surface area (Å²) in [5.41, 5.74) is 2.56. The summed E-state index contributed by atoms with van der Waals surface area (Å²) in [6.45, 7) is 9.19. The van der Waals surface area contributed by atoms with Crippen LogP contribution in [0.4, 0.5) is 11.6 Å². The largest absolute Gasteiger partial charge is 0.396 e. The van der Waals surface area contributed by atoms with Crippen LogP contribution in [-0.4, -0.2) is 28.2 Å². The number of nitrogen functional groups attached to an aromatic ring is 1. The van der Waals surface area contributed by atoms with Crippen molar-refractivity contribution < 1.29 is 5.11 Å². The maximum absolute atomic E-state index is 9.02. The molecule has 1 rings (SSSR count). The third kappa shape index (κ3) is 5.00. The van der Waals surface area contributed by atoms with Crippen molar-refractivity contribution in [3.05, 3.63) is 11.9 Å². The highest BCUT2D eigenvalue weighted by molar-refractivity contribution is 5.47. The minimum atomic E-state index is 0.00794. The molecule has 1 aromatic rings. The average Bonchev–Trinajstić information content (AvgIpc) is 2.36. The first-order valence-electron chi connectivity index (χ1n) is 6.58. The topological polar surface area (TPSA) is 96.1 Å². The molecule has 0 aliphatic rings. The predicted octanol–water partition coefficient (Wildman–Crippen LogP) is 1.71. The van der Waals surface area contributed by atoms with Gasteiger partial charge in [0.25, 0.3) is 0 Å². The molecule has 0 amide bonds. The lowest BCUT2D eigenvalue weighted by atomic mass is 9.90. The molecule has 0 aliphatic heterocycles. The minimum absolute atomic E-state index is 0.00794. The molecule has 0 saturated heterocycles. The van der Waals surface area contributed by atoms with Crippen LogP contribution < -0.4 is 16.6 Å². The smallest absolute Gasteiger partial charge is 0.145 e. The summed E-state index contributed by atoms with van der Waals surface area (Å²) < 4.78 is 0. The Balaban J connectivity index is 2.80. The lowest BCUT2D eigenvalue weighted by Crippen LogP contribution is -2.25. The maximum atomic E-state index is 9.02. The Morgan fingerprint density at radius 3 is 2.47 bits per heavy atom. The van der Waals surface area contributed by atoms with Crippen molar-refractivity contribution >= 4 is 11.6 Å². The Morgan fingerprint density at radius 2 is 1.95 bits per heavy atom. The molecule has 0 spiro atoms. The van der Waals surface area contributed by atoms with Gasteiger partial charge in [-0.3, -0.25) is 0 Å². The predicted molar refractivity (Wildman–Crippen MR) is 77.9 cm³/mol. The van der Waals surface area contributed by atoms with Gasteiger partial charge in [-0.05, 0) is 11.8 Å². The number of aliphatic hydroxyl groups excluding tert-OH is 1. The number of nitrogens with zero attached hydrogens (tertiary/aromatic N) is 2. The van der Waals surface area contributed by atoms with Gasteiger partial charge in [-0.2, -0.15) is 0 Å². The Bertz CT molecular complexity index is 406. The monoisotopic (exact) mass is 267 g/mol. The Kier molecular flexibility index (Phi) is 5.50. The SMILES string of the molecule is CC(C)c1nc(NN)cc(NCC(C)(C)CCO)n1. The van der Waals surface area contributed by atoms with Crippen molar-refractivity contribution in [2.75, 3.05) is 23.9 Å². The van der Waals surface area contributed by atoms with Gasteiger partial charge in [0.15, 0.2) is 0 Å². The van der Waals surface area contributed by atoms with E-state index in [1.165, 1.54) is 0 Å². The van der Waals surface area contributed by atoms with Gasteiger partial charge in [0.05, 0.1) is 0 Å². The van der Waals surface area contributed by atoms with E-state index in [2.05, 4.69) is 34.6 Å². The summed E-state index contributed by atoms with van der Waals surface area (Å²) >= 11 is 0. The molecule has 1 aromatic heterocycles. The highest BCUT2D eigenvalue weighted by Crippen LogP contribution is 2.22. The molecule has 0 fully saturated rings. The van der Waals surface area contributed by atoms with Crippen LogP contribution in [0.5, 0.6) is 0 Å². The van der Waals surface area contributed by atoms with Crippen molar-refractivity contribution in [3.8, 4) is 0 Å². The number of hydrogen-bond acceptors (Lipinski definition) is 6. The lowest BCUT2D eigenvalue weighted by Gasteiger charge is -2.24. The van der Waals surface area contributed by atoms with Crippen LogP contribution in [0.1, 0.15) is 45.9 Å². The summed E-state index contributed by atoms with van der Waals surface area (Å²) in [5, 5.41) is 12.3. The highest BCUT2D eigenvalue weighted by atomic mass is 16.3. The second-order valence-electron chi connectivity index (χ2n) is 5.79. The van der Waals surface area contributed by atoms with E-state index in [-0.39, 0.29) is 17.9 Å². The van der Waals surface area contributed by atoms with Crippen molar-refractivity contribution in [1.82, 2.24) is 9.97 Å². The van der Waals surface area contributed by atoms with Gasteiger partial charge in [0.1, 0.15) is 17.5 Å². The fourth-order valence-electron chi connectivity index (χ4n) is 1.61. The van der Waals surface area contributed by atoms with Crippen LogP contribution in [0.2, 0.25) is 0 Å². The van der Waals surface area contributed by atoms with Crippen LogP contribution in [0.3, 0.4) is 0 Å². The standard InChI is InChI=1S/C13H25N5O/c1-9(2)12-16-10(7-11(17-12)18-14)15-8-13(3,4)5-6-19/h7,9,19H,5-6,8,14H2,1-4H3,(H2,15,16,17,18). The number of aromatic nitrogens is 2. The van der Waals surface area contributed by atoms with Crippen LogP contribution in [0.25, 0.3) is 0 Å². The Morgan fingerprint density at radius 1 is 1.32 bits per heavy atom. The second-order valence-corrected chi connectivity index (χ2v) is 5.79. The average molecular weight is 267 g/mol. The van der Waals surface area contributed by atoms with Crippen molar-refractivity contribution in [3.63, 3.8) is 0 Å². The van der Waals surface area contributed by atoms with Crippen LogP contribution in [0, 0.1) is 5.41 Å². The van der Waals surface area contributed by atoms with E-state index >= 15 is 0 Å². The van der Waals surface area contributed by atoms with E-state index in [4.69, 9.17) is 10.9 Å². The molecule has 0 atom stereocenters. The second kappa shape index (κ2) is 6.68. The van der Waals surface area contributed by atoms with E-state index in [9.17, 15) is 0 Å². The molecule has 6 nitrogen and oxygen atoms in total. The first-order chi connectivity index (χ1) is 8.88. The van der Waals surface area contributed by atoms with Gasteiger partial charge in [0.2, 0.25) is 0 Å². The van der Waals surface area contributed by atoms with Crippen molar-refractivity contribution in [2.45, 2.75) is 40.0 Å². The summed E-state index contributed by atoms with van der Waals surface area (Å²) in [7, 11) is 0. The van der Waals surface area contributed by atoms with E-state index in [1.54, 1.807) is 6.07 Å². The molecule has 108 valence electrons. The molecule has 0 aliphatic carbocycles. The molecular formula is C13H25N5O. The molecular weight excluding hydrogens is 242 g/mol. The lowest BCUT2D eigenvalue weighted by molar-refractivity contribution is 0.220. The molecule has 6 heteroatoms. The van der Waals surface area contributed by atoms with Gasteiger partial charge >= 0.3 is 0 Å². The number of anilines is 2. The zero-order chi connectivity index (χ0) is 14.5. The summed E-state index contributed by atoms with van der Waals surface area (Å²) in [5.74, 6) is 7.75. The van der Waals surface area contributed by atoms with E-state index in [1.807, 2.05) is 13.8 Å². The van der Waals surface area contributed by atoms with Gasteiger partial charge in [-0.25, -0.2) is 15.8 Å².